The van der Waals surface area contributed by atoms with Crippen molar-refractivity contribution in [1.82, 2.24) is 13.9 Å². The van der Waals surface area contributed by atoms with Crippen LogP contribution in [0.3, 0.4) is 0 Å². The van der Waals surface area contributed by atoms with Crippen molar-refractivity contribution < 1.29 is 22.7 Å². The Morgan fingerprint density at radius 2 is 1.80 bits per heavy atom. The van der Waals surface area contributed by atoms with Crippen LogP contribution in [-0.2, 0) is 26.1 Å². The highest BCUT2D eigenvalue weighted by atomic mass is 32.2. The fraction of sp³-hybridized carbons (Fsp3) is 0.375. The minimum absolute atomic E-state index is 0.127. The molecule has 2 aromatic carbocycles. The lowest BCUT2D eigenvalue weighted by Crippen LogP contribution is -2.27. The number of thioether (sulfide) groups is 1. The number of carbonyl (C=O) groups is 2. The number of benzene rings is 2. The highest BCUT2D eigenvalue weighted by Gasteiger charge is 2.27. The predicted molar refractivity (Wildman–Crippen MR) is 135 cm³/mol. The Balaban J connectivity index is 1.41. The van der Waals surface area contributed by atoms with Gasteiger partial charge >= 0.3 is 5.97 Å². The highest BCUT2D eigenvalue weighted by molar-refractivity contribution is 7.99. The van der Waals surface area contributed by atoms with Crippen molar-refractivity contribution in [2.24, 2.45) is 0 Å². The molecule has 0 atom stereocenters. The molecule has 1 aliphatic rings. The average molecular weight is 517 g/mol. The predicted octanol–water partition coefficient (Wildman–Crippen LogP) is 3.75. The van der Waals surface area contributed by atoms with Crippen LogP contribution in [0.25, 0.3) is 11.0 Å². The number of fused-ring (bicyclic) bond motifs is 1. The number of rotatable bonds is 9. The van der Waals surface area contributed by atoms with Gasteiger partial charge in [0, 0.05) is 25.3 Å². The zero-order valence-corrected chi connectivity index (χ0v) is 21.3. The van der Waals surface area contributed by atoms with Crippen molar-refractivity contribution in [2.45, 2.75) is 43.3 Å². The molecule has 1 amide bonds. The second-order valence-corrected chi connectivity index (χ2v) is 10.9. The van der Waals surface area contributed by atoms with Crippen molar-refractivity contribution in [2.75, 3.05) is 30.8 Å². The Bertz CT molecular complexity index is 1330. The molecule has 11 heteroatoms. The summed E-state index contributed by atoms with van der Waals surface area (Å²) in [6.45, 7) is 5.80. The molecule has 3 aromatic rings. The van der Waals surface area contributed by atoms with Gasteiger partial charge in [0.1, 0.15) is 0 Å². The van der Waals surface area contributed by atoms with Crippen LogP contribution in [0.2, 0.25) is 0 Å². The van der Waals surface area contributed by atoms with E-state index in [0.29, 0.717) is 48.2 Å². The van der Waals surface area contributed by atoms with E-state index in [0.717, 1.165) is 18.4 Å². The van der Waals surface area contributed by atoms with Crippen molar-refractivity contribution in [1.29, 1.82) is 0 Å². The third-order valence-electron chi connectivity index (χ3n) is 5.71. The fourth-order valence-corrected chi connectivity index (χ4v) is 6.38. The summed E-state index contributed by atoms with van der Waals surface area (Å²) in [6, 6.07) is 11.5. The number of amides is 1. The lowest BCUT2D eigenvalue weighted by molar-refractivity contribution is -0.113. The van der Waals surface area contributed by atoms with Crippen LogP contribution in [0.15, 0.2) is 52.5 Å². The zero-order chi connectivity index (χ0) is 25.0. The number of hydrogen-bond acceptors (Lipinski definition) is 7. The Morgan fingerprint density at radius 1 is 1.09 bits per heavy atom. The first kappa shape index (κ1) is 25.2. The van der Waals surface area contributed by atoms with E-state index in [4.69, 9.17) is 4.74 Å². The number of esters is 1. The molecule has 0 spiro atoms. The van der Waals surface area contributed by atoms with Gasteiger partial charge in [-0.05, 0) is 69.2 Å². The van der Waals surface area contributed by atoms with Gasteiger partial charge in [0.2, 0.25) is 15.9 Å². The van der Waals surface area contributed by atoms with Crippen LogP contribution in [0.5, 0.6) is 0 Å². The number of carbonyl (C=O) groups excluding carboxylic acids is 2. The monoisotopic (exact) mass is 516 g/mol. The molecular weight excluding hydrogens is 488 g/mol. The van der Waals surface area contributed by atoms with E-state index in [2.05, 4.69) is 10.3 Å². The van der Waals surface area contributed by atoms with Crippen LogP contribution >= 0.6 is 11.8 Å². The maximum Gasteiger partial charge on any atom is 0.338 e. The average Bonchev–Trinajstić information content (AvgIpc) is 3.51. The van der Waals surface area contributed by atoms with E-state index in [1.807, 2.05) is 17.6 Å². The number of nitrogens with one attached hydrogen (secondary N) is 1. The minimum atomic E-state index is -3.49. The summed E-state index contributed by atoms with van der Waals surface area (Å²) in [4.78, 5) is 29.4. The summed E-state index contributed by atoms with van der Waals surface area (Å²) in [5.74, 6) is -0.498. The van der Waals surface area contributed by atoms with Gasteiger partial charge < -0.3 is 14.6 Å². The standard InChI is InChI=1S/C24H28N4O5S2/c1-3-28-21-12-7-17(23(30)33-4-2)15-20(21)26-24(28)34-16-22(29)25-18-8-10-19(11-9-18)35(31,32)27-13-5-6-14-27/h7-12,15H,3-6,13-14,16H2,1-2H3,(H,25,29). The molecule has 1 fully saturated rings. The first-order valence-electron chi connectivity index (χ1n) is 11.5. The number of aromatic nitrogens is 2. The van der Waals surface area contributed by atoms with E-state index < -0.39 is 16.0 Å². The third kappa shape index (κ3) is 5.52. The summed E-state index contributed by atoms with van der Waals surface area (Å²) in [6.07, 6.45) is 1.76. The SMILES string of the molecule is CCOC(=O)c1ccc2c(c1)nc(SCC(=O)Nc1ccc(S(=O)(=O)N3CCCC3)cc1)n2CC. The maximum atomic E-state index is 12.7. The number of imidazole rings is 1. The van der Waals surface area contributed by atoms with Crippen LogP contribution in [0.1, 0.15) is 37.0 Å². The topological polar surface area (TPSA) is 111 Å². The van der Waals surface area contributed by atoms with Gasteiger partial charge in [-0.25, -0.2) is 18.2 Å². The van der Waals surface area contributed by atoms with Crippen LogP contribution in [0, 0.1) is 0 Å². The van der Waals surface area contributed by atoms with E-state index >= 15 is 0 Å². The second kappa shape index (κ2) is 10.8. The van der Waals surface area contributed by atoms with Gasteiger partial charge in [0.25, 0.3) is 0 Å². The Kier molecular flexibility index (Phi) is 7.78. The Morgan fingerprint density at radius 3 is 2.46 bits per heavy atom. The molecule has 2 heterocycles. The lowest BCUT2D eigenvalue weighted by atomic mass is 10.2. The molecule has 0 aliphatic carbocycles. The van der Waals surface area contributed by atoms with E-state index in [-0.39, 0.29) is 16.6 Å². The molecule has 0 unspecified atom stereocenters. The van der Waals surface area contributed by atoms with E-state index in [9.17, 15) is 18.0 Å². The quantitative estimate of drug-likeness (QED) is 0.341. The van der Waals surface area contributed by atoms with Gasteiger partial charge in [-0.15, -0.1) is 0 Å². The normalized spacial score (nSPS) is 14.3. The molecule has 0 bridgehead atoms. The molecule has 1 aliphatic heterocycles. The minimum Gasteiger partial charge on any atom is -0.462 e. The summed E-state index contributed by atoms with van der Waals surface area (Å²) in [5.41, 5.74) is 2.50. The van der Waals surface area contributed by atoms with E-state index in [1.54, 1.807) is 31.2 Å². The number of nitrogens with zero attached hydrogens (tertiary/aromatic N) is 3. The van der Waals surface area contributed by atoms with Gasteiger partial charge in [0.05, 0.1) is 33.9 Å². The fourth-order valence-electron chi connectivity index (χ4n) is 3.98. The van der Waals surface area contributed by atoms with Crippen molar-refractivity contribution in [3.63, 3.8) is 0 Å². The molecule has 1 aromatic heterocycles. The smallest absolute Gasteiger partial charge is 0.338 e. The first-order chi connectivity index (χ1) is 16.8. The number of hydrogen-bond donors (Lipinski definition) is 1. The molecule has 35 heavy (non-hydrogen) atoms. The largest absolute Gasteiger partial charge is 0.462 e. The zero-order valence-electron chi connectivity index (χ0n) is 19.7. The molecule has 1 N–H and O–H groups in total. The highest BCUT2D eigenvalue weighted by Crippen LogP contribution is 2.26. The molecule has 4 rings (SSSR count). The number of sulfonamides is 1. The molecule has 0 saturated carbocycles. The second-order valence-electron chi connectivity index (χ2n) is 8.04. The Hall–Kier alpha value is -2.89. The summed E-state index contributed by atoms with van der Waals surface area (Å²) >= 11 is 1.29. The maximum absolute atomic E-state index is 12.7. The molecule has 9 nitrogen and oxygen atoms in total. The van der Waals surface area contributed by atoms with Gasteiger partial charge in [-0.2, -0.15) is 4.31 Å². The third-order valence-corrected chi connectivity index (χ3v) is 8.60. The molecule has 1 saturated heterocycles. The van der Waals surface area contributed by atoms with Crippen LogP contribution in [-0.4, -0.2) is 59.6 Å². The summed E-state index contributed by atoms with van der Waals surface area (Å²) in [5, 5.41) is 3.48. The van der Waals surface area contributed by atoms with Crippen LogP contribution < -0.4 is 5.32 Å². The van der Waals surface area contributed by atoms with Gasteiger partial charge in [0.15, 0.2) is 5.16 Å². The van der Waals surface area contributed by atoms with E-state index in [1.165, 1.54) is 28.2 Å². The van der Waals surface area contributed by atoms with Crippen LogP contribution in [0.4, 0.5) is 5.69 Å². The number of aryl methyl sites for hydroxylation is 1. The number of anilines is 1. The number of ether oxygens (including phenoxy) is 1. The summed E-state index contributed by atoms with van der Waals surface area (Å²) in [7, 11) is -3.49. The van der Waals surface area contributed by atoms with Gasteiger partial charge in [-0.3, -0.25) is 4.79 Å². The van der Waals surface area contributed by atoms with Gasteiger partial charge in [-0.1, -0.05) is 11.8 Å². The molecule has 186 valence electrons. The van der Waals surface area contributed by atoms with Crippen molar-refractivity contribution in [3.05, 3.63) is 48.0 Å². The first-order valence-corrected chi connectivity index (χ1v) is 14.0. The Labute approximate surface area is 208 Å². The summed E-state index contributed by atoms with van der Waals surface area (Å²) < 4.78 is 33.8. The molecule has 0 radical (unpaired) electrons. The molecular formula is C24H28N4O5S2. The lowest BCUT2D eigenvalue weighted by Gasteiger charge is -2.15. The van der Waals surface area contributed by atoms with Crippen molar-refractivity contribution in [3.8, 4) is 0 Å². The van der Waals surface area contributed by atoms with Crippen molar-refractivity contribution >= 4 is 50.4 Å².